The zero-order valence-corrected chi connectivity index (χ0v) is 13.0. The van der Waals surface area contributed by atoms with E-state index in [1.807, 2.05) is 24.3 Å². The molecule has 2 aromatic rings. The third-order valence-electron chi connectivity index (χ3n) is 3.99. The Labute approximate surface area is 130 Å². The number of likely N-dealkylation sites (N-methyl/N-ethyl adjacent to an activating group) is 1. The molecule has 1 N–H and O–H groups in total. The van der Waals surface area contributed by atoms with Crippen LogP contribution in [-0.2, 0) is 0 Å². The average molecular weight is 303 g/mol. The standard InChI is InChI=1S/C17H19ClN2O/c1-12(21)13-7-8-15(14(18)11-13)20-10-9-19(2)16-5-3-4-6-17(16)20/h3-8,11-12,21H,9-10H2,1-2H3/t12-/m0/s1. The molecule has 4 heteroatoms. The maximum atomic E-state index is 9.66. The van der Waals surface area contributed by atoms with E-state index < -0.39 is 6.10 Å². The van der Waals surface area contributed by atoms with E-state index in [-0.39, 0.29) is 0 Å². The zero-order chi connectivity index (χ0) is 15.0. The van der Waals surface area contributed by atoms with E-state index in [4.69, 9.17) is 11.6 Å². The Morgan fingerprint density at radius 2 is 1.76 bits per heavy atom. The summed E-state index contributed by atoms with van der Waals surface area (Å²) in [6.45, 7) is 3.59. The molecule has 0 fully saturated rings. The van der Waals surface area contributed by atoms with Crippen LogP contribution < -0.4 is 9.80 Å². The van der Waals surface area contributed by atoms with Gasteiger partial charge in [-0.2, -0.15) is 0 Å². The normalized spacial score (nSPS) is 15.8. The van der Waals surface area contributed by atoms with E-state index in [1.165, 1.54) is 5.69 Å². The summed E-state index contributed by atoms with van der Waals surface area (Å²) in [5, 5.41) is 10.3. The predicted molar refractivity (Wildman–Crippen MR) is 88.8 cm³/mol. The molecule has 2 aromatic carbocycles. The number of halogens is 1. The number of aliphatic hydroxyl groups excluding tert-OH is 1. The first kappa shape index (κ1) is 14.2. The summed E-state index contributed by atoms with van der Waals surface area (Å²) in [6, 6.07) is 14.1. The summed E-state index contributed by atoms with van der Waals surface area (Å²) < 4.78 is 0. The van der Waals surface area contributed by atoms with Crippen LogP contribution in [0.2, 0.25) is 5.02 Å². The Morgan fingerprint density at radius 1 is 1.05 bits per heavy atom. The molecule has 1 atom stereocenters. The van der Waals surface area contributed by atoms with Crippen molar-refractivity contribution >= 4 is 28.7 Å². The second-order valence-corrected chi connectivity index (χ2v) is 5.86. The SMILES string of the molecule is C[C@H](O)c1ccc(N2CCN(C)c3ccccc32)c(Cl)c1. The first-order valence-electron chi connectivity index (χ1n) is 7.13. The maximum Gasteiger partial charge on any atom is 0.0762 e. The Kier molecular flexibility index (Phi) is 3.79. The lowest BCUT2D eigenvalue weighted by Gasteiger charge is -2.37. The van der Waals surface area contributed by atoms with E-state index in [0.29, 0.717) is 5.02 Å². The Morgan fingerprint density at radius 3 is 2.43 bits per heavy atom. The van der Waals surface area contributed by atoms with Crippen molar-refractivity contribution in [3.8, 4) is 0 Å². The van der Waals surface area contributed by atoms with Crippen molar-refractivity contribution in [1.29, 1.82) is 0 Å². The van der Waals surface area contributed by atoms with Gasteiger partial charge >= 0.3 is 0 Å². The maximum absolute atomic E-state index is 9.66. The fraction of sp³-hybridized carbons (Fsp3) is 0.294. The van der Waals surface area contributed by atoms with Crippen molar-refractivity contribution in [2.45, 2.75) is 13.0 Å². The number of hydrogen-bond donors (Lipinski definition) is 1. The van der Waals surface area contributed by atoms with E-state index in [2.05, 4.69) is 35.0 Å². The second kappa shape index (κ2) is 5.58. The van der Waals surface area contributed by atoms with Crippen molar-refractivity contribution < 1.29 is 5.11 Å². The van der Waals surface area contributed by atoms with Gasteiger partial charge in [-0.25, -0.2) is 0 Å². The summed E-state index contributed by atoms with van der Waals surface area (Å²) in [4.78, 5) is 4.49. The molecule has 1 heterocycles. The lowest BCUT2D eigenvalue weighted by atomic mass is 10.1. The molecule has 110 valence electrons. The molecule has 3 nitrogen and oxygen atoms in total. The Balaban J connectivity index is 2.04. The molecule has 0 unspecified atom stereocenters. The van der Waals surface area contributed by atoms with Crippen LogP contribution in [0.1, 0.15) is 18.6 Å². The number of hydrogen-bond acceptors (Lipinski definition) is 3. The van der Waals surface area contributed by atoms with Gasteiger partial charge in [0.25, 0.3) is 0 Å². The minimum absolute atomic E-state index is 0.503. The van der Waals surface area contributed by atoms with E-state index in [0.717, 1.165) is 30.0 Å². The summed E-state index contributed by atoms with van der Waals surface area (Å²) in [5.74, 6) is 0. The fourth-order valence-electron chi connectivity index (χ4n) is 2.76. The van der Waals surface area contributed by atoms with Crippen molar-refractivity contribution in [3.63, 3.8) is 0 Å². The van der Waals surface area contributed by atoms with Gasteiger partial charge in [0.15, 0.2) is 0 Å². The lowest BCUT2D eigenvalue weighted by molar-refractivity contribution is 0.199. The van der Waals surface area contributed by atoms with Crippen molar-refractivity contribution in [2.24, 2.45) is 0 Å². The molecule has 0 amide bonds. The molecule has 0 aliphatic carbocycles. The number of anilines is 3. The van der Waals surface area contributed by atoms with Crippen LogP contribution in [0.4, 0.5) is 17.1 Å². The highest BCUT2D eigenvalue weighted by molar-refractivity contribution is 6.33. The average Bonchev–Trinajstić information content (AvgIpc) is 2.48. The first-order valence-corrected chi connectivity index (χ1v) is 7.51. The van der Waals surface area contributed by atoms with Gasteiger partial charge in [0.1, 0.15) is 0 Å². The van der Waals surface area contributed by atoms with Crippen LogP contribution in [0, 0.1) is 0 Å². The van der Waals surface area contributed by atoms with Crippen LogP contribution in [0.25, 0.3) is 0 Å². The van der Waals surface area contributed by atoms with Gasteiger partial charge in [-0.05, 0) is 36.8 Å². The molecule has 0 spiro atoms. The van der Waals surface area contributed by atoms with Gasteiger partial charge in [0.2, 0.25) is 0 Å². The third kappa shape index (κ3) is 2.59. The van der Waals surface area contributed by atoms with Crippen LogP contribution in [0.5, 0.6) is 0 Å². The first-order chi connectivity index (χ1) is 10.1. The van der Waals surface area contributed by atoms with Crippen molar-refractivity contribution in [2.75, 3.05) is 29.9 Å². The van der Waals surface area contributed by atoms with Crippen LogP contribution in [-0.4, -0.2) is 25.2 Å². The number of benzene rings is 2. The second-order valence-electron chi connectivity index (χ2n) is 5.45. The Bertz CT molecular complexity index is 657. The van der Waals surface area contributed by atoms with E-state index in [1.54, 1.807) is 6.92 Å². The summed E-state index contributed by atoms with van der Waals surface area (Å²) in [5.41, 5.74) is 4.20. The molecule has 0 bridgehead atoms. The molecule has 1 aliphatic heterocycles. The van der Waals surface area contributed by atoms with Gasteiger partial charge < -0.3 is 14.9 Å². The molecular formula is C17H19ClN2O. The van der Waals surface area contributed by atoms with Crippen LogP contribution >= 0.6 is 11.6 Å². The zero-order valence-electron chi connectivity index (χ0n) is 12.3. The quantitative estimate of drug-likeness (QED) is 0.909. The molecule has 0 saturated carbocycles. The third-order valence-corrected chi connectivity index (χ3v) is 4.29. The highest BCUT2D eigenvalue weighted by atomic mass is 35.5. The Hall–Kier alpha value is -1.71. The topological polar surface area (TPSA) is 26.7 Å². The molecule has 1 aliphatic rings. The minimum atomic E-state index is -0.503. The molecule has 0 saturated heterocycles. The highest BCUT2D eigenvalue weighted by Gasteiger charge is 2.22. The van der Waals surface area contributed by atoms with E-state index >= 15 is 0 Å². The predicted octanol–water partition coefficient (Wildman–Crippen LogP) is 3.98. The number of nitrogens with zero attached hydrogens (tertiary/aromatic N) is 2. The summed E-state index contributed by atoms with van der Waals surface area (Å²) in [7, 11) is 2.11. The largest absolute Gasteiger partial charge is 0.389 e. The van der Waals surface area contributed by atoms with Crippen LogP contribution in [0.3, 0.4) is 0 Å². The molecule has 0 radical (unpaired) electrons. The molecule has 3 rings (SSSR count). The summed E-state index contributed by atoms with van der Waals surface area (Å²) >= 11 is 6.44. The molecular weight excluding hydrogens is 284 g/mol. The van der Waals surface area contributed by atoms with Gasteiger partial charge in [0, 0.05) is 20.1 Å². The van der Waals surface area contributed by atoms with Crippen molar-refractivity contribution in [3.05, 3.63) is 53.1 Å². The highest BCUT2D eigenvalue weighted by Crippen LogP contribution is 2.40. The van der Waals surface area contributed by atoms with Gasteiger partial charge in [-0.15, -0.1) is 0 Å². The summed E-state index contributed by atoms with van der Waals surface area (Å²) in [6.07, 6.45) is -0.503. The van der Waals surface area contributed by atoms with Gasteiger partial charge in [-0.3, -0.25) is 0 Å². The smallest absolute Gasteiger partial charge is 0.0762 e. The number of rotatable bonds is 2. The number of para-hydroxylation sites is 2. The molecule has 0 aromatic heterocycles. The lowest BCUT2D eigenvalue weighted by Crippen LogP contribution is -2.36. The van der Waals surface area contributed by atoms with E-state index in [9.17, 15) is 5.11 Å². The number of fused-ring (bicyclic) bond motifs is 1. The van der Waals surface area contributed by atoms with Crippen molar-refractivity contribution in [1.82, 2.24) is 0 Å². The fourth-order valence-corrected chi connectivity index (χ4v) is 3.05. The van der Waals surface area contributed by atoms with Crippen LogP contribution in [0.15, 0.2) is 42.5 Å². The monoisotopic (exact) mass is 302 g/mol. The minimum Gasteiger partial charge on any atom is -0.389 e. The molecule has 21 heavy (non-hydrogen) atoms. The van der Waals surface area contributed by atoms with Gasteiger partial charge in [0.05, 0.1) is 28.2 Å². The number of aliphatic hydroxyl groups is 1. The van der Waals surface area contributed by atoms with Gasteiger partial charge in [-0.1, -0.05) is 29.8 Å².